The second kappa shape index (κ2) is 4.86. The number of phenolic OH excluding ortho intramolecular Hbond substituents is 1. The molecule has 90 valence electrons. The lowest BCUT2D eigenvalue weighted by Crippen LogP contribution is -2.22. The Hall–Kier alpha value is -2.04. The van der Waals surface area contributed by atoms with Crippen molar-refractivity contribution in [3.63, 3.8) is 0 Å². The van der Waals surface area contributed by atoms with Crippen molar-refractivity contribution >= 4 is 5.95 Å². The van der Waals surface area contributed by atoms with Crippen LogP contribution in [0.1, 0.15) is 13.8 Å². The maximum absolute atomic E-state index is 9.20. The minimum Gasteiger partial charge on any atom is -0.508 e. The fourth-order valence-electron chi connectivity index (χ4n) is 1.57. The van der Waals surface area contributed by atoms with Gasteiger partial charge in [-0.05, 0) is 43.3 Å². The fourth-order valence-corrected chi connectivity index (χ4v) is 1.57. The molecule has 0 aliphatic heterocycles. The third-order valence-electron chi connectivity index (χ3n) is 2.58. The van der Waals surface area contributed by atoms with Crippen LogP contribution in [0, 0.1) is 0 Å². The molecule has 2 rings (SSSR count). The lowest BCUT2D eigenvalue weighted by atomic mass is 10.2. The van der Waals surface area contributed by atoms with Crippen LogP contribution in [-0.4, -0.2) is 28.3 Å². The zero-order valence-electron chi connectivity index (χ0n) is 9.92. The minimum atomic E-state index is 0.220. The van der Waals surface area contributed by atoms with E-state index in [0.29, 0.717) is 11.8 Å². The summed E-state index contributed by atoms with van der Waals surface area (Å²) in [6.07, 6.45) is 0. The molecular weight excluding hydrogens is 218 g/mol. The highest BCUT2D eigenvalue weighted by Gasteiger charge is 2.12. The number of aromatic hydroxyl groups is 1. The van der Waals surface area contributed by atoms with Gasteiger partial charge in [-0.1, -0.05) is 0 Å². The molecule has 0 fully saturated rings. The first-order valence-electron chi connectivity index (χ1n) is 5.62. The van der Waals surface area contributed by atoms with E-state index in [9.17, 15) is 5.11 Å². The molecule has 1 aromatic heterocycles. The molecule has 5 nitrogen and oxygen atoms in total. The van der Waals surface area contributed by atoms with Crippen molar-refractivity contribution in [2.45, 2.75) is 13.8 Å². The van der Waals surface area contributed by atoms with Crippen LogP contribution in [-0.2, 0) is 0 Å². The van der Waals surface area contributed by atoms with E-state index in [1.165, 1.54) is 0 Å². The zero-order valence-corrected chi connectivity index (χ0v) is 9.92. The summed E-state index contributed by atoms with van der Waals surface area (Å²) < 4.78 is 5.19. The van der Waals surface area contributed by atoms with Gasteiger partial charge in [-0.25, -0.2) is 0 Å². The average Bonchev–Trinajstić information content (AvgIpc) is 2.81. The molecule has 1 N–H and O–H groups in total. The lowest BCUT2D eigenvalue weighted by molar-refractivity contribution is 0.429. The summed E-state index contributed by atoms with van der Waals surface area (Å²) in [5.41, 5.74) is 0.800. The Morgan fingerprint density at radius 1 is 1.18 bits per heavy atom. The first-order chi connectivity index (χ1) is 8.24. The van der Waals surface area contributed by atoms with Gasteiger partial charge in [0.15, 0.2) is 0 Å². The smallest absolute Gasteiger partial charge is 0.266 e. The topological polar surface area (TPSA) is 62.4 Å². The number of aromatic nitrogens is 2. The zero-order chi connectivity index (χ0) is 12.3. The van der Waals surface area contributed by atoms with E-state index in [4.69, 9.17) is 4.52 Å². The highest BCUT2D eigenvalue weighted by atomic mass is 16.5. The van der Waals surface area contributed by atoms with Gasteiger partial charge in [0.05, 0.1) is 0 Å². The Morgan fingerprint density at radius 2 is 1.82 bits per heavy atom. The van der Waals surface area contributed by atoms with Crippen LogP contribution in [0.15, 0.2) is 28.8 Å². The first-order valence-corrected chi connectivity index (χ1v) is 5.62. The number of nitrogens with zero attached hydrogens (tertiary/aromatic N) is 3. The van der Waals surface area contributed by atoms with Crippen LogP contribution in [0.2, 0.25) is 0 Å². The fraction of sp³-hybridized carbons (Fsp3) is 0.333. The van der Waals surface area contributed by atoms with Crippen molar-refractivity contribution in [2.24, 2.45) is 0 Å². The summed E-state index contributed by atoms with van der Waals surface area (Å²) in [6, 6.07) is 6.68. The molecule has 2 aromatic rings. The summed E-state index contributed by atoms with van der Waals surface area (Å²) >= 11 is 0. The van der Waals surface area contributed by atoms with Gasteiger partial charge in [0.25, 0.3) is 11.8 Å². The molecule has 0 radical (unpaired) electrons. The molecule has 0 aliphatic carbocycles. The predicted octanol–water partition coefficient (Wildman–Crippen LogP) is 2.29. The predicted molar refractivity (Wildman–Crippen MR) is 65.0 cm³/mol. The van der Waals surface area contributed by atoms with Gasteiger partial charge in [-0.15, -0.1) is 0 Å². The van der Waals surface area contributed by atoms with Crippen LogP contribution < -0.4 is 4.90 Å². The molecule has 0 amide bonds. The molecular formula is C12H15N3O2. The summed E-state index contributed by atoms with van der Waals surface area (Å²) in [4.78, 5) is 6.33. The molecule has 0 bridgehead atoms. The SMILES string of the molecule is CCN(CC)c1noc(-c2ccc(O)cc2)n1. The van der Waals surface area contributed by atoms with E-state index in [2.05, 4.69) is 10.1 Å². The normalized spacial score (nSPS) is 10.5. The molecule has 0 atom stereocenters. The van der Waals surface area contributed by atoms with Crippen LogP contribution in [0.4, 0.5) is 5.95 Å². The van der Waals surface area contributed by atoms with Crippen molar-refractivity contribution in [3.8, 4) is 17.2 Å². The van der Waals surface area contributed by atoms with Gasteiger partial charge >= 0.3 is 0 Å². The van der Waals surface area contributed by atoms with Gasteiger partial charge in [-0.3, -0.25) is 0 Å². The van der Waals surface area contributed by atoms with Crippen molar-refractivity contribution in [1.82, 2.24) is 10.1 Å². The van der Waals surface area contributed by atoms with E-state index in [-0.39, 0.29) is 5.75 Å². The Morgan fingerprint density at radius 3 is 2.41 bits per heavy atom. The maximum atomic E-state index is 9.20. The first kappa shape index (κ1) is 11.4. The van der Waals surface area contributed by atoms with Crippen molar-refractivity contribution in [2.75, 3.05) is 18.0 Å². The second-order valence-electron chi connectivity index (χ2n) is 3.62. The van der Waals surface area contributed by atoms with Gasteiger partial charge in [0.1, 0.15) is 5.75 Å². The van der Waals surface area contributed by atoms with Gasteiger partial charge in [0.2, 0.25) is 0 Å². The van der Waals surface area contributed by atoms with Gasteiger partial charge in [0, 0.05) is 18.7 Å². The highest BCUT2D eigenvalue weighted by Crippen LogP contribution is 2.22. The second-order valence-corrected chi connectivity index (χ2v) is 3.62. The van der Waals surface area contributed by atoms with Crippen LogP contribution in [0.3, 0.4) is 0 Å². The van der Waals surface area contributed by atoms with E-state index < -0.39 is 0 Å². The minimum absolute atomic E-state index is 0.220. The Labute approximate surface area is 99.7 Å². The molecule has 0 spiro atoms. The molecule has 1 aromatic carbocycles. The monoisotopic (exact) mass is 233 g/mol. The van der Waals surface area contributed by atoms with Gasteiger partial charge in [-0.2, -0.15) is 4.98 Å². The number of rotatable bonds is 4. The standard InChI is InChI=1S/C12H15N3O2/c1-3-15(4-2)12-13-11(17-14-12)9-5-7-10(16)8-6-9/h5-8,16H,3-4H2,1-2H3. The number of phenols is 1. The number of benzene rings is 1. The molecule has 5 heteroatoms. The molecule has 17 heavy (non-hydrogen) atoms. The lowest BCUT2D eigenvalue weighted by Gasteiger charge is -2.14. The summed E-state index contributed by atoms with van der Waals surface area (Å²) in [5, 5.41) is 13.1. The molecule has 0 saturated heterocycles. The van der Waals surface area contributed by atoms with Crippen LogP contribution in [0.5, 0.6) is 5.75 Å². The molecule has 0 aliphatic rings. The summed E-state index contributed by atoms with van der Waals surface area (Å²) in [6.45, 7) is 5.76. The highest BCUT2D eigenvalue weighted by molar-refractivity contribution is 5.55. The molecule has 0 saturated carbocycles. The van der Waals surface area contributed by atoms with Crippen LogP contribution >= 0.6 is 0 Å². The van der Waals surface area contributed by atoms with E-state index in [1.54, 1.807) is 24.3 Å². The number of hydrogen-bond acceptors (Lipinski definition) is 5. The summed E-state index contributed by atoms with van der Waals surface area (Å²) in [5.74, 6) is 1.28. The third-order valence-corrected chi connectivity index (χ3v) is 2.58. The van der Waals surface area contributed by atoms with Crippen molar-refractivity contribution < 1.29 is 9.63 Å². The van der Waals surface area contributed by atoms with E-state index >= 15 is 0 Å². The average molecular weight is 233 g/mol. The third kappa shape index (κ3) is 2.38. The number of anilines is 1. The Balaban J connectivity index is 2.26. The summed E-state index contributed by atoms with van der Waals surface area (Å²) in [7, 11) is 0. The quantitative estimate of drug-likeness (QED) is 0.877. The van der Waals surface area contributed by atoms with Crippen LogP contribution in [0.25, 0.3) is 11.5 Å². The largest absolute Gasteiger partial charge is 0.508 e. The number of hydrogen-bond donors (Lipinski definition) is 1. The Kier molecular flexibility index (Phi) is 3.27. The maximum Gasteiger partial charge on any atom is 0.266 e. The van der Waals surface area contributed by atoms with Crippen molar-refractivity contribution in [3.05, 3.63) is 24.3 Å². The van der Waals surface area contributed by atoms with E-state index in [1.807, 2.05) is 18.7 Å². The molecule has 1 heterocycles. The Bertz CT molecular complexity index is 475. The van der Waals surface area contributed by atoms with Gasteiger partial charge < -0.3 is 14.5 Å². The van der Waals surface area contributed by atoms with E-state index in [0.717, 1.165) is 18.7 Å². The van der Waals surface area contributed by atoms with Crippen molar-refractivity contribution in [1.29, 1.82) is 0 Å². The molecule has 0 unspecified atom stereocenters.